The van der Waals surface area contributed by atoms with E-state index in [2.05, 4.69) is 16.5 Å². The van der Waals surface area contributed by atoms with Crippen molar-refractivity contribution in [3.8, 4) is 0 Å². The summed E-state index contributed by atoms with van der Waals surface area (Å²) in [4.78, 5) is 4.37. The van der Waals surface area contributed by atoms with Crippen LogP contribution in [-0.2, 0) is 6.42 Å². The molecule has 104 valence electrons. The second-order valence-corrected chi connectivity index (χ2v) is 5.38. The first-order valence-corrected chi connectivity index (χ1v) is 6.98. The minimum Gasteiger partial charge on any atom is -0.469 e. The Labute approximate surface area is 122 Å². The largest absolute Gasteiger partial charge is 0.469 e. The Morgan fingerprint density at radius 2 is 2.25 bits per heavy atom. The maximum atomic E-state index is 6.04. The molecule has 0 aliphatic heterocycles. The van der Waals surface area contributed by atoms with E-state index in [4.69, 9.17) is 21.8 Å². The van der Waals surface area contributed by atoms with Gasteiger partial charge in [-0.3, -0.25) is 0 Å². The number of hydrogen-bond acceptors (Lipinski definition) is 3. The van der Waals surface area contributed by atoms with Gasteiger partial charge in [0.15, 0.2) is 0 Å². The van der Waals surface area contributed by atoms with Crippen LogP contribution in [-0.4, -0.2) is 9.55 Å². The van der Waals surface area contributed by atoms with Gasteiger partial charge >= 0.3 is 0 Å². The highest BCUT2D eigenvalue weighted by Gasteiger charge is 2.14. The Morgan fingerprint density at radius 1 is 1.40 bits per heavy atom. The molecule has 20 heavy (non-hydrogen) atoms. The van der Waals surface area contributed by atoms with Crippen molar-refractivity contribution in [3.05, 3.63) is 47.4 Å². The Morgan fingerprint density at radius 3 is 3.00 bits per heavy atom. The molecule has 2 heterocycles. The lowest BCUT2D eigenvalue weighted by Crippen LogP contribution is -2.09. The minimum absolute atomic E-state index is 0.242. The predicted octanol–water partition coefficient (Wildman–Crippen LogP) is 4.06. The number of nitrogens with two attached hydrogens (primary N) is 1. The van der Waals surface area contributed by atoms with E-state index < -0.39 is 0 Å². The molecule has 0 spiro atoms. The molecule has 2 aromatic heterocycles. The van der Waals surface area contributed by atoms with Gasteiger partial charge in [-0.1, -0.05) is 11.6 Å². The van der Waals surface area contributed by atoms with Crippen molar-refractivity contribution < 1.29 is 4.42 Å². The number of aromatic nitrogens is 2. The molecule has 1 atom stereocenters. The molecule has 3 aromatic rings. The fourth-order valence-corrected chi connectivity index (χ4v) is 2.66. The van der Waals surface area contributed by atoms with Crippen molar-refractivity contribution in [2.75, 3.05) is 5.73 Å². The number of nitrogens with zero attached hydrogens (tertiary/aromatic N) is 2. The Kier molecular flexibility index (Phi) is 3.40. The monoisotopic (exact) mass is 289 g/mol. The van der Waals surface area contributed by atoms with Crippen molar-refractivity contribution in [3.63, 3.8) is 0 Å². The molecule has 2 N–H and O–H groups in total. The lowest BCUT2D eigenvalue weighted by Gasteiger charge is -2.15. The van der Waals surface area contributed by atoms with Crippen molar-refractivity contribution in [2.24, 2.45) is 0 Å². The zero-order valence-corrected chi connectivity index (χ0v) is 12.0. The first-order valence-electron chi connectivity index (χ1n) is 6.60. The molecule has 1 aromatic carbocycles. The molecule has 0 fully saturated rings. The summed E-state index contributed by atoms with van der Waals surface area (Å²) in [6.07, 6.45) is 3.51. The molecule has 0 aliphatic carbocycles. The van der Waals surface area contributed by atoms with Crippen molar-refractivity contribution in [2.45, 2.75) is 25.8 Å². The molecule has 0 radical (unpaired) electrons. The van der Waals surface area contributed by atoms with Gasteiger partial charge in [0.25, 0.3) is 0 Å². The smallest absolute Gasteiger partial charge is 0.201 e. The molecule has 4 nitrogen and oxygen atoms in total. The number of imidazole rings is 1. The number of fused-ring (bicyclic) bond motifs is 1. The van der Waals surface area contributed by atoms with Crippen molar-refractivity contribution in [1.82, 2.24) is 9.55 Å². The van der Waals surface area contributed by atoms with E-state index in [0.29, 0.717) is 11.0 Å². The summed E-state index contributed by atoms with van der Waals surface area (Å²) in [7, 11) is 0. The SMILES string of the molecule is CC(CCc1ccco1)n1c(N)nc2cc(Cl)ccc21. The van der Waals surface area contributed by atoms with E-state index in [1.807, 2.05) is 30.3 Å². The third-order valence-electron chi connectivity index (χ3n) is 3.51. The fraction of sp³-hybridized carbons (Fsp3) is 0.267. The van der Waals surface area contributed by atoms with Gasteiger partial charge in [0.05, 0.1) is 17.3 Å². The van der Waals surface area contributed by atoms with Crippen LogP contribution in [0.15, 0.2) is 41.0 Å². The average Bonchev–Trinajstić information content (AvgIpc) is 3.02. The van der Waals surface area contributed by atoms with Crippen LogP contribution in [0.5, 0.6) is 0 Å². The number of nitrogen functional groups attached to an aromatic ring is 1. The number of furan rings is 1. The lowest BCUT2D eigenvalue weighted by atomic mass is 10.1. The number of rotatable bonds is 4. The van der Waals surface area contributed by atoms with Gasteiger partial charge in [0.1, 0.15) is 5.76 Å². The molecule has 0 saturated carbocycles. The number of anilines is 1. The molecular formula is C15H16ClN3O. The molecule has 5 heteroatoms. The first kappa shape index (κ1) is 13.1. The van der Waals surface area contributed by atoms with Crippen LogP contribution in [0.2, 0.25) is 5.02 Å². The average molecular weight is 290 g/mol. The molecule has 0 saturated heterocycles. The van der Waals surface area contributed by atoms with Gasteiger partial charge in [-0.15, -0.1) is 0 Å². The van der Waals surface area contributed by atoms with E-state index in [-0.39, 0.29) is 6.04 Å². The maximum absolute atomic E-state index is 6.04. The van der Waals surface area contributed by atoms with Crippen LogP contribution in [0.25, 0.3) is 11.0 Å². The van der Waals surface area contributed by atoms with Gasteiger partial charge in [0.2, 0.25) is 5.95 Å². The number of hydrogen-bond donors (Lipinski definition) is 1. The maximum Gasteiger partial charge on any atom is 0.201 e. The molecule has 1 unspecified atom stereocenters. The van der Waals surface area contributed by atoms with Crippen molar-refractivity contribution in [1.29, 1.82) is 0 Å². The van der Waals surface area contributed by atoms with Crippen molar-refractivity contribution >= 4 is 28.6 Å². The molecule has 0 amide bonds. The molecular weight excluding hydrogens is 274 g/mol. The van der Waals surface area contributed by atoms with E-state index in [0.717, 1.165) is 29.6 Å². The second kappa shape index (κ2) is 5.21. The third-order valence-corrected chi connectivity index (χ3v) is 3.74. The van der Waals surface area contributed by atoms with Gasteiger partial charge in [-0.05, 0) is 43.7 Å². The highest BCUT2D eigenvalue weighted by Crippen LogP contribution is 2.27. The summed E-state index contributed by atoms with van der Waals surface area (Å²) in [6, 6.07) is 9.80. The van der Waals surface area contributed by atoms with Crippen LogP contribution < -0.4 is 5.73 Å². The fourth-order valence-electron chi connectivity index (χ4n) is 2.49. The second-order valence-electron chi connectivity index (χ2n) is 4.94. The Bertz CT molecular complexity index is 718. The Hall–Kier alpha value is -1.94. The van der Waals surface area contributed by atoms with Crippen LogP contribution in [0.4, 0.5) is 5.95 Å². The summed E-state index contributed by atoms with van der Waals surface area (Å²) in [5.41, 5.74) is 7.88. The highest BCUT2D eigenvalue weighted by molar-refractivity contribution is 6.31. The van der Waals surface area contributed by atoms with Crippen LogP contribution in [0.1, 0.15) is 25.1 Å². The summed E-state index contributed by atoms with van der Waals surface area (Å²) in [5.74, 6) is 1.51. The van der Waals surface area contributed by atoms with Gasteiger partial charge in [-0.2, -0.15) is 0 Å². The molecule has 0 bridgehead atoms. The van der Waals surface area contributed by atoms with E-state index in [1.54, 1.807) is 6.26 Å². The van der Waals surface area contributed by atoms with Crippen LogP contribution >= 0.6 is 11.6 Å². The number of aryl methyl sites for hydroxylation is 1. The van der Waals surface area contributed by atoms with Crippen LogP contribution in [0, 0.1) is 0 Å². The Balaban J connectivity index is 1.87. The quantitative estimate of drug-likeness (QED) is 0.788. The summed E-state index contributed by atoms with van der Waals surface area (Å²) < 4.78 is 7.41. The predicted molar refractivity (Wildman–Crippen MR) is 80.9 cm³/mol. The van der Waals surface area contributed by atoms with Gasteiger partial charge < -0.3 is 14.7 Å². The van der Waals surface area contributed by atoms with E-state index in [9.17, 15) is 0 Å². The topological polar surface area (TPSA) is 57.0 Å². The van der Waals surface area contributed by atoms with Gasteiger partial charge in [-0.25, -0.2) is 4.98 Å². The molecule has 0 aliphatic rings. The highest BCUT2D eigenvalue weighted by atomic mass is 35.5. The zero-order valence-electron chi connectivity index (χ0n) is 11.2. The first-order chi connectivity index (χ1) is 9.65. The minimum atomic E-state index is 0.242. The van der Waals surface area contributed by atoms with E-state index in [1.165, 1.54) is 0 Å². The van der Waals surface area contributed by atoms with Gasteiger partial charge in [0, 0.05) is 17.5 Å². The summed E-state index contributed by atoms with van der Waals surface area (Å²) >= 11 is 5.99. The number of halogens is 1. The molecule has 3 rings (SSSR count). The summed E-state index contributed by atoms with van der Waals surface area (Å²) in [6.45, 7) is 2.13. The number of benzene rings is 1. The summed E-state index contributed by atoms with van der Waals surface area (Å²) in [5, 5.41) is 0.672. The van der Waals surface area contributed by atoms with Crippen LogP contribution in [0.3, 0.4) is 0 Å². The normalized spacial score (nSPS) is 12.9. The third kappa shape index (κ3) is 2.39. The standard InChI is InChI=1S/C15H16ClN3O/c1-10(4-6-12-3-2-8-20-12)19-14-7-5-11(16)9-13(14)18-15(19)17/h2-3,5,7-10H,4,6H2,1H3,(H2,17,18). The lowest BCUT2D eigenvalue weighted by molar-refractivity contribution is 0.460. The zero-order chi connectivity index (χ0) is 14.1. The van der Waals surface area contributed by atoms with E-state index >= 15 is 0 Å².